The van der Waals surface area contributed by atoms with E-state index in [-0.39, 0.29) is 5.56 Å². The third kappa shape index (κ3) is 19.5. The number of carbonyl (C=O) groups is 5. The van der Waals surface area contributed by atoms with E-state index in [4.69, 9.17) is 47.4 Å². The lowest BCUT2D eigenvalue weighted by atomic mass is 9.93. The molecule has 0 spiro atoms. The number of thiol groups is 1. The maximum atomic E-state index is 13.9. The van der Waals surface area contributed by atoms with Crippen LogP contribution in [0.2, 0.25) is 0 Å². The van der Waals surface area contributed by atoms with Crippen LogP contribution in [0.4, 0.5) is 0 Å². The molecule has 5 aliphatic rings. The van der Waals surface area contributed by atoms with Crippen molar-refractivity contribution in [3.63, 3.8) is 0 Å². The molecule has 0 radical (unpaired) electrons. The van der Waals surface area contributed by atoms with Crippen LogP contribution < -0.4 is 31.3 Å². The second-order valence-corrected chi connectivity index (χ2v) is 23.8. The van der Waals surface area contributed by atoms with Crippen LogP contribution in [0.1, 0.15) is 96.3 Å². The van der Waals surface area contributed by atoms with Crippen LogP contribution in [0, 0.1) is 0 Å². The van der Waals surface area contributed by atoms with Crippen molar-refractivity contribution in [1.82, 2.24) is 26.6 Å². The fourth-order valence-electron chi connectivity index (χ4n) is 11.2. The van der Waals surface area contributed by atoms with Crippen molar-refractivity contribution in [2.24, 2.45) is 0 Å². The predicted molar refractivity (Wildman–Crippen MR) is 311 cm³/mol. The van der Waals surface area contributed by atoms with Crippen molar-refractivity contribution in [1.29, 1.82) is 0 Å². The van der Waals surface area contributed by atoms with E-state index >= 15 is 0 Å². The first-order valence-electron chi connectivity index (χ1n) is 29.6. The normalized spacial score (nSPS) is 37.5. The van der Waals surface area contributed by atoms with Crippen LogP contribution in [-0.2, 0) is 61.8 Å². The summed E-state index contributed by atoms with van der Waals surface area (Å²) in [5.74, 6) is -3.46. The Morgan fingerprint density at radius 2 is 1.08 bits per heavy atom. The van der Waals surface area contributed by atoms with Crippen molar-refractivity contribution in [2.75, 3.05) is 39.6 Å². The van der Waals surface area contributed by atoms with E-state index in [2.05, 4.69) is 57.3 Å². The summed E-state index contributed by atoms with van der Waals surface area (Å²) in [5.41, 5.74) is -3.64. The average molecular weight is 1310 g/mol. The summed E-state index contributed by atoms with van der Waals surface area (Å²) in [6, 6.07) is -0.0136. The molecule has 6 rings (SSSR count). The van der Waals surface area contributed by atoms with Gasteiger partial charge in [0.1, 0.15) is 109 Å². The number of carbonyl (C=O) groups excluding carboxylic acids is 5. The number of allylic oxidation sites excluding steroid dienone is 2. The molecule has 1 aromatic carbocycles. The molecule has 5 heterocycles. The molecule has 5 fully saturated rings. The minimum Gasteiger partial charge on any atom is -0.494 e. The fourth-order valence-corrected chi connectivity index (χ4v) is 12.3. The summed E-state index contributed by atoms with van der Waals surface area (Å²) in [7, 11) is 0.817. The second kappa shape index (κ2) is 35.3. The summed E-state index contributed by atoms with van der Waals surface area (Å²) in [6.45, 7) is 2.29. The monoisotopic (exact) mass is 1310 g/mol. The van der Waals surface area contributed by atoms with Crippen LogP contribution >= 0.6 is 22.5 Å². The number of aliphatic hydroxyl groups excluding tert-OH is 10. The molecule has 16 N–H and O–H groups in total. The lowest BCUT2D eigenvalue weighted by molar-refractivity contribution is -0.380. The zero-order chi connectivity index (χ0) is 65.3. The molecular weight excluding hydrogens is 1220 g/mol. The van der Waals surface area contributed by atoms with Crippen molar-refractivity contribution in [3.8, 4) is 5.75 Å². The highest BCUT2D eigenvalue weighted by molar-refractivity contribution is 8.68. The number of aliphatic hydroxyl groups is 11. The quantitative estimate of drug-likeness (QED) is 0.0114. The molecule has 5 amide bonds. The number of nitrogens with one attached hydrogen (secondary N) is 5. The minimum atomic E-state index is -2.71. The summed E-state index contributed by atoms with van der Waals surface area (Å²) in [5, 5.41) is 136. The Labute approximate surface area is 523 Å². The van der Waals surface area contributed by atoms with Crippen molar-refractivity contribution >= 4 is 52.0 Å². The molecular formula is C56H89N5O26S2. The predicted octanol–water partition coefficient (Wildman–Crippen LogP) is -4.29. The van der Waals surface area contributed by atoms with Crippen LogP contribution in [0.3, 0.4) is 0 Å². The van der Waals surface area contributed by atoms with E-state index in [0.717, 1.165) is 57.2 Å². The van der Waals surface area contributed by atoms with Gasteiger partial charge >= 0.3 is 0 Å². The highest BCUT2D eigenvalue weighted by Crippen LogP contribution is 2.39. The largest absolute Gasteiger partial charge is 0.494 e. The van der Waals surface area contributed by atoms with Gasteiger partial charge in [-0.2, -0.15) is 0 Å². The van der Waals surface area contributed by atoms with E-state index < -0.39 is 215 Å². The summed E-state index contributed by atoms with van der Waals surface area (Å²) in [4.78, 5) is 64.4. The standard InChI is InChI=1S/C56H89N5O26S2/c1-6-7-8-9-10-11-12-13-14-18-78-31-17-15-16-30(19-31)50(76)60-38-43(72)42(71)34(22-63)80-51(38)79-32-20-56(77,61-29(5)70)55(84-33(32)21-62)87-49-36(24-65)82-53(40(45(49)74)58-27(3)68)85-47-35(23-64)81-52(39(44(47)73)57-26(2)67)86-48-37(25-66)83-54(89-88)41(46(48)75)59-28(4)69/h11-12,15-17,19,32-49,51-55,62-66,71-75,77,88H,6-10,13-14,18,20-25H2,1-5H3,(H,57,67)(H,58,68)(H,59,69)(H,60,76)(H,61,70)/b12-11-/t32-,33?,34?,35?,36?,37?,38?,39?,40-,41-,42+,43?,44?,45+,46+,47+,48?,49?,51?,52-,53-,54-,55?,56?/m0/s1. The first kappa shape index (κ1) is 74.1. The van der Waals surface area contributed by atoms with Gasteiger partial charge in [-0.15, -0.1) is 11.7 Å². The minimum absolute atomic E-state index is 0.0702. The van der Waals surface area contributed by atoms with E-state index in [9.17, 15) is 80.1 Å². The molecule has 0 aliphatic carbocycles. The number of rotatable bonds is 30. The molecule has 89 heavy (non-hydrogen) atoms. The van der Waals surface area contributed by atoms with Gasteiger partial charge in [-0.25, -0.2) is 0 Å². The number of hydrogen-bond acceptors (Lipinski definition) is 28. The molecule has 0 aromatic heterocycles. The maximum Gasteiger partial charge on any atom is 0.251 e. The van der Waals surface area contributed by atoms with Crippen LogP contribution in [0.25, 0.3) is 0 Å². The number of hydrogen-bond donors (Lipinski definition) is 17. The molecule has 33 heteroatoms. The van der Waals surface area contributed by atoms with Crippen LogP contribution in [-0.4, -0.2) is 271 Å². The lowest BCUT2D eigenvalue weighted by Gasteiger charge is -2.52. The first-order valence-corrected chi connectivity index (χ1v) is 31.5. The van der Waals surface area contributed by atoms with Crippen molar-refractivity contribution < 1.29 is 128 Å². The molecule has 0 saturated carbocycles. The SMILES string of the molecule is CCCCCC/C=C\CCCOc1cccc(C(=O)NC2C(O[C@H]3CC(O)(NC(C)=O)C(OC4C(CO)O[C@@H](O[C@@H]5C(CO)O[C@@H](OC6C(CO)O[C@@H](SS)[C@@H](NC(C)=O)[C@H]6O)C(NC(C)=O)C5O)[C@@H](NC(C)=O)[C@H]4O)OC3CO)OC(CO)[C@@H](O)C2O)c1. The third-order valence-electron chi connectivity index (χ3n) is 15.6. The van der Waals surface area contributed by atoms with E-state index in [1.165, 1.54) is 31.9 Å². The van der Waals surface area contributed by atoms with Crippen molar-refractivity contribution in [3.05, 3.63) is 42.0 Å². The topological polar surface area (TPSA) is 460 Å². The van der Waals surface area contributed by atoms with Gasteiger partial charge in [-0.3, -0.25) is 24.0 Å². The highest BCUT2D eigenvalue weighted by atomic mass is 33.1. The highest BCUT2D eigenvalue weighted by Gasteiger charge is 2.59. The molecule has 24 atom stereocenters. The number of amides is 5. The van der Waals surface area contributed by atoms with Gasteiger partial charge in [0.05, 0.1) is 51.8 Å². The summed E-state index contributed by atoms with van der Waals surface area (Å²) < 4.78 is 60.5. The smallest absolute Gasteiger partial charge is 0.251 e. The number of ether oxygens (including phenoxy) is 10. The Morgan fingerprint density at radius 3 is 1.61 bits per heavy atom. The maximum absolute atomic E-state index is 13.9. The van der Waals surface area contributed by atoms with Gasteiger partial charge in [0.25, 0.3) is 5.91 Å². The number of benzene rings is 1. The molecule has 14 unspecified atom stereocenters. The summed E-state index contributed by atoms with van der Waals surface area (Å²) >= 11 is 4.16. The fraction of sp³-hybridized carbons (Fsp3) is 0.768. The molecule has 31 nitrogen and oxygen atoms in total. The van der Waals surface area contributed by atoms with Crippen molar-refractivity contribution in [2.45, 2.75) is 232 Å². The van der Waals surface area contributed by atoms with Gasteiger partial charge in [-0.1, -0.05) is 55.2 Å². The van der Waals surface area contributed by atoms with Gasteiger partial charge in [0.15, 0.2) is 24.6 Å². The Morgan fingerprint density at radius 1 is 0.584 bits per heavy atom. The third-order valence-corrected chi connectivity index (χ3v) is 16.8. The molecule has 1 aromatic rings. The molecule has 5 saturated heterocycles. The van der Waals surface area contributed by atoms with Crippen LogP contribution in [0.5, 0.6) is 5.75 Å². The molecule has 506 valence electrons. The van der Waals surface area contributed by atoms with Gasteiger partial charge in [-0.05, 0) is 43.9 Å². The van der Waals surface area contributed by atoms with Gasteiger partial charge < -0.3 is 130 Å². The van der Waals surface area contributed by atoms with Crippen LogP contribution in [0.15, 0.2) is 36.4 Å². The zero-order valence-corrected chi connectivity index (χ0v) is 51.8. The Bertz CT molecular complexity index is 2450. The molecule has 5 aliphatic heterocycles. The van der Waals surface area contributed by atoms with E-state index in [0.29, 0.717) is 18.8 Å². The molecule has 0 bridgehead atoms. The first-order chi connectivity index (χ1) is 42.5. The van der Waals surface area contributed by atoms with E-state index in [1.54, 1.807) is 12.1 Å². The lowest BCUT2D eigenvalue weighted by Crippen LogP contribution is -2.72. The van der Waals surface area contributed by atoms with E-state index in [1.807, 2.05) is 0 Å². The average Bonchev–Trinajstić information content (AvgIpc) is 2.11. The Hall–Kier alpha value is -3.99. The summed E-state index contributed by atoms with van der Waals surface area (Å²) in [6.07, 6.45) is -20.6. The van der Waals surface area contributed by atoms with Gasteiger partial charge in [0, 0.05) is 39.7 Å². The van der Waals surface area contributed by atoms with Gasteiger partial charge in [0.2, 0.25) is 29.9 Å². The number of unbranched alkanes of at least 4 members (excludes halogenated alkanes) is 5. The Balaban J connectivity index is 1.19. The zero-order valence-electron chi connectivity index (χ0n) is 50.0. The Kier molecular flexibility index (Phi) is 29.4. The second-order valence-electron chi connectivity index (χ2n) is 22.5.